The minimum Gasteiger partial charge on any atom is -0.378 e. The van der Waals surface area contributed by atoms with Crippen molar-refractivity contribution in [3.63, 3.8) is 0 Å². The molecule has 154 valence electrons. The number of benzene rings is 2. The van der Waals surface area contributed by atoms with Gasteiger partial charge in [-0.1, -0.05) is 30.3 Å². The number of nitrogens with one attached hydrogen (secondary N) is 2. The Hall–Kier alpha value is -2.79. The van der Waals surface area contributed by atoms with Gasteiger partial charge in [0.1, 0.15) is 0 Å². The van der Waals surface area contributed by atoms with Crippen molar-refractivity contribution in [1.29, 1.82) is 0 Å². The van der Waals surface area contributed by atoms with Crippen molar-refractivity contribution < 1.29 is 10.1 Å². The number of nitrogens with two attached hydrogens (primary N) is 1. The minimum absolute atomic E-state index is 0.0839. The number of aromatic nitrogens is 1. The molecule has 29 heavy (non-hydrogen) atoms. The van der Waals surface area contributed by atoms with Gasteiger partial charge in [-0.2, -0.15) is 0 Å². The second kappa shape index (κ2) is 9.14. The molecule has 2 aromatic carbocycles. The van der Waals surface area contributed by atoms with E-state index in [4.69, 9.17) is 0 Å². The van der Waals surface area contributed by atoms with E-state index in [0.717, 1.165) is 12.1 Å². The van der Waals surface area contributed by atoms with Gasteiger partial charge >= 0.3 is 0 Å². The number of anilines is 1. The molecule has 0 radical (unpaired) electrons. The first kappa shape index (κ1) is 20.9. The maximum absolute atomic E-state index is 12.4. The first-order valence-electron chi connectivity index (χ1n) is 10.3. The Labute approximate surface area is 173 Å². The van der Waals surface area contributed by atoms with Gasteiger partial charge in [-0.05, 0) is 50.1 Å². The number of hydrogen-bond acceptors (Lipinski definition) is 2. The number of aromatic amines is 1. The van der Waals surface area contributed by atoms with Gasteiger partial charge in [-0.25, -0.2) is 0 Å². The lowest BCUT2D eigenvalue weighted by Crippen LogP contribution is -2.92. The van der Waals surface area contributed by atoms with Crippen molar-refractivity contribution in [3.8, 4) is 0 Å². The molecule has 2 atom stereocenters. The molecule has 0 saturated heterocycles. The maximum atomic E-state index is 12.4. The molecule has 1 heterocycles. The van der Waals surface area contributed by atoms with Crippen LogP contribution in [0.3, 0.4) is 0 Å². The van der Waals surface area contributed by atoms with Gasteiger partial charge in [0.2, 0.25) is 0 Å². The summed E-state index contributed by atoms with van der Waals surface area (Å²) in [6, 6.07) is 17.1. The number of carbonyl (C=O) groups excluding carboxylic acids is 1. The third kappa shape index (κ3) is 4.98. The summed E-state index contributed by atoms with van der Waals surface area (Å²) in [6.07, 6.45) is 2.11. The molecular weight excluding hydrogens is 360 g/mol. The van der Waals surface area contributed by atoms with E-state index in [-0.39, 0.29) is 23.9 Å². The van der Waals surface area contributed by atoms with E-state index in [2.05, 4.69) is 83.3 Å². The van der Waals surface area contributed by atoms with E-state index in [1.165, 1.54) is 22.2 Å². The van der Waals surface area contributed by atoms with Crippen molar-refractivity contribution in [2.75, 3.05) is 25.5 Å². The molecule has 0 unspecified atom stereocenters. The number of para-hydroxylation sites is 1. The van der Waals surface area contributed by atoms with Crippen LogP contribution < -0.4 is 15.5 Å². The SMILES string of the molecule is CC(C)NC(=O)[C@@H](C)[NH2+]C[C@H](c1ccc(N(C)C)cc1)c1c[nH]c2ccccc12. The highest BCUT2D eigenvalue weighted by atomic mass is 16.2. The zero-order chi connectivity index (χ0) is 21.0. The molecule has 0 aliphatic heterocycles. The predicted molar refractivity (Wildman–Crippen MR) is 120 cm³/mol. The fourth-order valence-corrected chi connectivity index (χ4v) is 3.69. The average Bonchev–Trinajstić information content (AvgIpc) is 3.12. The minimum atomic E-state index is -0.133. The summed E-state index contributed by atoms with van der Waals surface area (Å²) >= 11 is 0. The molecule has 0 fully saturated rings. The summed E-state index contributed by atoms with van der Waals surface area (Å²) < 4.78 is 0. The van der Waals surface area contributed by atoms with E-state index in [9.17, 15) is 4.79 Å². The summed E-state index contributed by atoms with van der Waals surface area (Å²) in [6.45, 7) is 6.76. The van der Waals surface area contributed by atoms with Gasteiger partial charge in [0, 0.05) is 42.9 Å². The molecule has 0 aliphatic carbocycles. The van der Waals surface area contributed by atoms with Crippen molar-refractivity contribution in [3.05, 3.63) is 65.9 Å². The second-order valence-electron chi connectivity index (χ2n) is 8.25. The molecule has 0 aliphatic rings. The third-order valence-electron chi connectivity index (χ3n) is 5.38. The van der Waals surface area contributed by atoms with E-state index in [1.54, 1.807) is 0 Å². The lowest BCUT2D eigenvalue weighted by molar-refractivity contribution is -0.674. The highest BCUT2D eigenvalue weighted by Crippen LogP contribution is 2.30. The molecule has 0 spiro atoms. The lowest BCUT2D eigenvalue weighted by atomic mass is 9.90. The van der Waals surface area contributed by atoms with Crippen LogP contribution in [0.5, 0.6) is 0 Å². The Balaban J connectivity index is 1.88. The molecule has 1 aromatic heterocycles. The molecule has 5 heteroatoms. The van der Waals surface area contributed by atoms with Crippen LogP contribution in [0, 0.1) is 0 Å². The van der Waals surface area contributed by atoms with Gasteiger partial charge in [0.25, 0.3) is 5.91 Å². The Morgan fingerprint density at radius 3 is 2.41 bits per heavy atom. The summed E-state index contributed by atoms with van der Waals surface area (Å²) in [4.78, 5) is 17.9. The highest BCUT2D eigenvalue weighted by Gasteiger charge is 2.23. The number of rotatable bonds is 8. The normalized spacial score (nSPS) is 13.4. The number of hydrogen-bond donors (Lipinski definition) is 3. The summed E-state index contributed by atoms with van der Waals surface area (Å²) in [5.74, 6) is 0.275. The van der Waals surface area contributed by atoms with Crippen LogP contribution in [0.15, 0.2) is 54.7 Å². The molecule has 3 rings (SSSR count). The van der Waals surface area contributed by atoms with E-state index >= 15 is 0 Å². The number of amides is 1. The first-order chi connectivity index (χ1) is 13.9. The highest BCUT2D eigenvalue weighted by molar-refractivity contribution is 5.84. The molecular formula is C24H33N4O+. The van der Waals surface area contributed by atoms with Gasteiger partial charge in [-0.15, -0.1) is 0 Å². The second-order valence-corrected chi connectivity index (χ2v) is 8.25. The monoisotopic (exact) mass is 393 g/mol. The summed E-state index contributed by atoms with van der Waals surface area (Å²) in [7, 11) is 4.10. The molecule has 5 nitrogen and oxygen atoms in total. The number of fused-ring (bicyclic) bond motifs is 1. The average molecular weight is 394 g/mol. The summed E-state index contributed by atoms with van der Waals surface area (Å²) in [5.41, 5.74) is 4.85. The Morgan fingerprint density at radius 1 is 1.07 bits per heavy atom. The predicted octanol–water partition coefficient (Wildman–Crippen LogP) is 2.84. The molecule has 0 saturated carbocycles. The van der Waals surface area contributed by atoms with Crippen LogP contribution in [-0.2, 0) is 4.79 Å². The standard InChI is InChI=1S/C24H32N4O/c1-16(2)27-24(29)17(3)25-14-21(18-10-12-19(13-11-18)28(4)5)22-15-26-23-9-7-6-8-20(22)23/h6-13,15-17,21,25-26H,14H2,1-5H3,(H,27,29)/p+1/t17-,21-/m1/s1. The first-order valence-corrected chi connectivity index (χ1v) is 10.3. The van der Waals surface area contributed by atoms with Crippen LogP contribution in [-0.4, -0.2) is 43.6 Å². The van der Waals surface area contributed by atoms with Crippen LogP contribution in [0.2, 0.25) is 0 Å². The third-order valence-corrected chi connectivity index (χ3v) is 5.38. The molecule has 1 amide bonds. The zero-order valence-electron chi connectivity index (χ0n) is 18.1. The van der Waals surface area contributed by atoms with Crippen molar-refractivity contribution >= 4 is 22.5 Å². The van der Waals surface area contributed by atoms with Gasteiger partial charge in [0.05, 0.1) is 12.5 Å². The Kier molecular flexibility index (Phi) is 6.60. The van der Waals surface area contributed by atoms with E-state index in [1.807, 2.05) is 26.8 Å². The van der Waals surface area contributed by atoms with E-state index in [0.29, 0.717) is 0 Å². The van der Waals surface area contributed by atoms with Crippen LogP contribution in [0.1, 0.15) is 37.8 Å². The smallest absolute Gasteiger partial charge is 0.278 e. The fourth-order valence-electron chi connectivity index (χ4n) is 3.69. The maximum Gasteiger partial charge on any atom is 0.278 e. The molecule has 3 aromatic rings. The van der Waals surface area contributed by atoms with Gasteiger partial charge in [-0.3, -0.25) is 4.79 Å². The number of H-pyrrole nitrogens is 1. The molecule has 4 N–H and O–H groups in total. The van der Waals surface area contributed by atoms with Crippen molar-refractivity contribution in [1.82, 2.24) is 10.3 Å². The number of quaternary nitrogens is 1. The van der Waals surface area contributed by atoms with Gasteiger partial charge < -0.3 is 20.5 Å². The summed E-state index contributed by atoms with van der Waals surface area (Å²) in [5, 5.41) is 6.39. The lowest BCUT2D eigenvalue weighted by Gasteiger charge is -2.20. The molecule has 0 bridgehead atoms. The van der Waals surface area contributed by atoms with Crippen molar-refractivity contribution in [2.24, 2.45) is 0 Å². The topological polar surface area (TPSA) is 64.7 Å². The van der Waals surface area contributed by atoms with Crippen molar-refractivity contribution in [2.45, 2.75) is 38.8 Å². The fraction of sp³-hybridized carbons (Fsp3) is 0.375. The van der Waals surface area contributed by atoms with Crippen LogP contribution in [0.25, 0.3) is 10.9 Å². The Morgan fingerprint density at radius 2 is 1.76 bits per heavy atom. The quantitative estimate of drug-likeness (QED) is 0.551. The van der Waals surface area contributed by atoms with Crippen LogP contribution >= 0.6 is 0 Å². The zero-order valence-corrected chi connectivity index (χ0v) is 18.1. The number of nitrogens with zero attached hydrogens (tertiary/aromatic N) is 1. The van der Waals surface area contributed by atoms with E-state index < -0.39 is 0 Å². The number of carbonyl (C=O) groups is 1. The largest absolute Gasteiger partial charge is 0.378 e. The van der Waals surface area contributed by atoms with Gasteiger partial charge in [0.15, 0.2) is 6.04 Å². The van der Waals surface area contributed by atoms with Crippen LogP contribution in [0.4, 0.5) is 5.69 Å². The Bertz CT molecular complexity index is 943.